The van der Waals surface area contributed by atoms with E-state index in [-0.39, 0.29) is 24.2 Å². The molecule has 0 spiro atoms. The fourth-order valence-electron chi connectivity index (χ4n) is 2.58. The van der Waals surface area contributed by atoms with Crippen molar-refractivity contribution in [3.63, 3.8) is 0 Å². The van der Waals surface area contributed by atoms with E-state index in [1.165, 1.54) is 0 Å². The quantitative estimate of drug-likeness (QED) is 0.939. The Labute approximate surface area is 129 Å². The first kappa shape index (κ1) is 14.3. The maximum absolute atomic E-state index is 12.2. The summed E-state index contributed by atoms with van der Waals surface area (Å²) in [7, 11) is 0. The van der Waals surface area contributed by atoms with E-state index >= 15 is 0 Å². The van der Waals surface area contributed by atoms with E-state index in [2.05, 4.69) is 10.3 Å². The van der Waals surface area contributed by atoms with Crippen LogP contribution in [0.5, 0.6) is 0 Å². The first-order chi connectivity index (χ1) is 10.7. The second-order valence-electron chi connectivity index (χ2n) is 5.39. The summed E-state index contributed by atoms with van der Waals surface area (Å²) in [6.45, 7) is 1.02. The minimum absolute atomic E-state index is 0.0266. The summed E-state index contributed by atoms with van der Waals surface area (Å²) < 4.78 is 0. The van der Waals surface area contributed by atoms with Gasteiger partial charge in [0.05, 0.1) is 5.92 Å². The molecule has 0 radical (unpaired) electrons. The van der Waals surface area contributed by atoms with Gasteiger partial charge in [-0.15, -0.1) is 0 Å². The van der Waals surface area contributed by atoms with Crippen molar-refractivity contribution in [2.24, 2.45) is 5.92 Å². The molecule has 22 heavy (non-hydrogen) atoms. The van der Waals surface area contributed by atoms with Crippen molar-refractivity contribution in [1.29, 1.82) is 0 Å². The van der Waals surface area contributed by atoms with Gasteiger partial charge in [0.15, 0.2) is 0 Å². The van der Waals surface area contributed by atoms with Gasteiger partial charge in [0.25, 0.3) is 0 Å². The maximum atomic E-state index is 12.2. The molecule has 2 aromatic rings. The fourth-order valence-corrected chi connectivity index (χ4v) is 2.58. The van der Waals surface area contributed by atoms with E-state index in [1.807, 2.05) is 30.3 Å². The molecular weight excluding hydrogens is 278 g/mol. The van der Waals surface area contributed by atoms with Crippen LogP contribution < -0.4 is 5.32 Å². The Kier molecular flexibility index (Phi) is 4.14. The highest BCUT2D eigenvalue weighted by molar-refractivity contribution is 5.97. The summed E-state index contributed by atoms with van der Waals surface area (Å²) in [5.74, 6) is -0.391. The van der Waals surface area contributed by atoms with Gasteiger partial charge in [-0.25, -0.2) is 0 Å². The Balaban J connectivity index is 1.60. The molecule has 2 heterocycles. The highest BCUT2D eigenvalue weighted by Crippen LogP contribution is 2.21. The highest BCUT2D eigenvalue weighted by Gasteiger charge is 2.34. The van der Waals surface area contributed by atoms with E-state index in [0.717, 1.165) is 5.56 Å². The zero-order chi connectivity index (χ0) is 15.4. The minimum Gasteiger partial charge on any atom is -0.338 e. The third-order valence-electron chi connectivity index (χ3n) is 3.75. The zero-order valence-electron chi connectivity index (χ0n) is 12.1. The summed E-state index contributed by atoms with van der Waals surface area (Å²) in [4.78, 5) is 30.0. The van der Waals surface area contributed by atoms with Gasteiger partial charge in [-0.3, -0.25) is 14.6 Å². The molecule has 112 valence electrons. The number of hydrogen-bond acceptors (Lipinski definition) is 3. The molecule has 0 aliphatic carbocycles. The third kappa shape index (κ3) is 3.31. The lowest BCUT2D eigenvalue weighted by molar-refractivity contribution is -0.128. The van der Waals surface area contributed by atoms with Crippen molar-refractivity contribution in [3.05, 3.63) is 60.4 Å². The molecule has 1 aliphatic rings. The fraction of sp³-hybridized carbons (Fsp3) is 0.235. The average molecular weight is 295 g/mol. The lowest BCUT2D eigenvalue weighted by Gasteiger charge is -2.16. The smallest absolute Gasteiger partial charge is 0.229 e. The topological polar surface area (TPSA) is 62.3 Å². The van der Waals surface area contributed by atoms with Crippen molar-refractivity contribution < 1.29 is 9.59 Å². The zero-order valence-corrected chi connectivity index (χ0v) is 12.1. The summed E-state index contributed by atoms with van der Waals surface area (Å²) in [5, 5.41) is 2.83. The number of carbonyl (C=O) groups excluding carboxylic acids is 2. The largest absolute Gasteiger partial charge is 0.338 e. The van der Waals surface area contributed by atoms with Gasteiger partial charge in [-0.2, -0.15) is 0 Å². The molecule has 1 aromatic heterocycles. The van der Waals surface area contributed by atoms with Crippen molar-refractivity contribution in [3.8, 4) is 0 Å². The molecule has 5 heteroatoms. The predicted molar refractivity (Wildman–Crippen MR) is 82.8 cm³/mol. The number of aromatic nitrogens is 1. The number of likely N-dealkylation sites (tertiary alicyclic amines) is 1. The van der Waals surface area contributed by atoms with Crippen molar-refractivity contribution in [2.45, 2.75) is 13.0 Å². The molecule has 5 nitrogen and oxygen atoms in total. The molecule has 1 aliphatic heterocycles. The van der Waals surface area contributed by atoms with Gasteiger partial charge in [-0.05, 0) is 17.7 Å². The molecule has 2 amide bonds. The Hall–Kier alpha value is -2.69. The van der Waals surface area contributed by atoms with Crippen LogP contribution in [0.4, 0.5) is 5.69 Å². The van der Waals surface area contributed by atoms with Gasteiger partial charge in [0.2, 0.25) is 11.8 Å². The van der Waals surface area contributed by atoms with Crippen LogP contribution in [0.1, 0.15) is 12.0 Å². The van der Waals surface area contributed by atoms with Gasteiger partial charge >= 0.3 is 0 Å². The van der Waals surface area contributed by atoms with Crippen molar-refractivity contribution >= 4 is 17.5 Å². The molecule has 1 atom stereocenters. The van der Waals surface area contributed by atoms with E-state index in [9.17, 15) is 9.59 Å². The normalized spacial score (nSPS) is 17.5. The number of hydrogen-bond donors (Lipinski definition) is 1. The van der Waals surface area contributed by atoms with Gasteiger partial charge in [0, 0.05) is 37.6 Å². The number of anilines is 1. The van der Waals surface area contributed by atoms with Crippen LogP contribution in [-0.2, 0) is 16.1 Å². The molecule has 1 N–H and O–H groups in total. The number of nitrogens with zero attached hydrogens (tertiary/aromatic N) is 2. The second kappa shape index (κ2) is 6.39. The van der Waals surface area contributed by atoms with Crippen molar-refractivity contribution in [1.82, 2.24) is 9.88 Å². The molecular formula is C17H17N3O2. The van der Waals surface area contributed by atoms with Crippen LogP contribution in [0.25, 0.3) is 0 Å². The number of nitrogens with one attached hydrogen (secondary N) is 1. The van der Waals surface area contributed by atoms with Gasteiger partial charge in [-0.1, -0.05) is 30.3 Å². The Morgan fingerprint density at radius 3 is 2.64 bits per heavy atom. The van der Waals surface area contributed by atoms with Gasteiger partial charge < -0.3 is 10.2 Å². The molecule has 1 fully saturated rings. The van der Waals surface area contributed by atoms with E-state index in [1.54, 1.807) is 29.4 Å². The van der Waals surface area contributed by atoms with E-state index in [0.29, 0.717) is 18.8 Å². The molecule has 1 saturated heterocycles. The summed E-state index contributed by atoms with van der Waals surface area (Å²) >= 11 is 0. The van der Waals surface area contributed by atoms with E-state index < -0.39 is 0 Å². The summed E-state index contributed by atoms with van der Waals surface area (Å²) in [6.07, 6.45) is 3.51. The number of pyridine rings is 1. The highest BCUT2D eigenvalue weighted by atomic mass is 16.2. The molecule has 1 aromatic carbocycles. The predicted octanol–water partition coefficient (Wildman–Crippen LogP) is 2.07. The number of carbonyl (C=O) groups is 2. The first-order valence-corrected chi connectivity index (χ1v) is 7.25. The van der Waals surface area contributed by atoms with Crippen molar-refractivity contribution in [2.75, 3.05) is 11.9 Å². The maximum Gasteiger partial charge on any atom is 0.229 e. The Morgan fingerprint density at radius 1 is 1.18 bits per heavy atom. The first-order valence-electron chi connectivity index (χ1n) is 7.25. The lowest BCUT2D eigenvalue weighted by Crippen LogP contribution is -2.28. The molecule has 0 saturated carbocycles. The van der Waals surface area contributed by atoms with Crippen LogP contribution in [0.3, 0.4) is 0 Å². The Bertz CT molecular complexity index is 658. The molecule has 3 rings (SSSR count). The van der Waals surface area contributed by atoms with Gasteiger partial charge in [0.1, 0.15) is 0 Å². The van der Waals surface area contributed by atoms with Crippen LogP contribution in [0.2, 0.25) is 0 Å². The second-order valence-corrected chi connectivity index (χ2v) is 5.39. The number of rotatable bonds is 4. The van der Waals surface area contributed by atoms with E-state index in [4.69, 9.17) is 0 Å². The average Bonchev–Trinajstić information content (AvgIpc) is 2.90. The standard InChI is InChI=1S/C17H17N3O2/c21-16-10-14(17(22)19-15-6-8-18-9-7-15)12-20(16)11-13-4-2-1-3-5-13/h1-9,14H,10-12H2,(H,18,19,22)/t14-/m1/s1. The number of amides is 2. The summed E-state index contributed by atoms with van der Waals surface area (Å²) in [6, 6.07) is 13.3. The van der Waals surface area contributed by atoms with Crippen LogP contribution in [-0.4, -0.2) is 28.2 Å². The molecule has 0 unspecified atom stereocenters. The molecule has 0 bridgehead atoms. The third-order valence-corrected chi connectivity index (χ3v) is 3.75. The number of benzene rings is 1. The lowest BCUT2D eigenvalue weighted by atomic mass is 10.1. The van der Waals surface area contributed by atoms with Crippen LogP contribution in [0, 0.1) is 5.92 Å². The minimum atomic E-state index is -0.302. The van der Waals surface area contributed by atoms with Crippen LogP contribution in [0.15, 0.2) is 54.9 Å². The SMILES string of the molecule is O=C(Nc1ccncc1)[C@@H]1CC(=O)N(Cc2ccccc2)C1. The summed E-state index contributed by atoms with van der Waals surface area (Å²) in [5.41, 5.74) is 1.78. The Morgan fingerprint density at radius 2 is 1.91 bits per heavy atom. The monoisotopic (exact) mass is 295 g/mol. The van der Waals surface area contributed by atoms with Crippen LogP contribution >= 0.6 is 0 Å².